The highest BCUT2D eigenvalue weighted by molar-refractivity contribution is 4.67. The van der Waals surface area contributed by atoms with Crippen LogP contribution in [0.3, 0.4) is 0 Å². The SMILES string of the molecule is C1CCC(n2[nH][nH][nH][nH]2)C1. The Labute approximate surface area is 58.4 Å². The van der Waals surface area contributed by atoms with Gasteiger partial charge in [-0.3, -0.25) is 0 Å². The number of hydrogen-bond donors (Lipinski definition) is 4. The minimum absolute atomic E-state index is 0.641. The third-order valence-electron chi connectivity index (χ3n) is 2.11. The van der Waals surface area contributed by atoms with Crippen LogP contribution in [-0.4, -0.2) is 25.7 Å². The number of aromatic amines is 4. The molecule has 2 rings (SSSR count). The Hall–Kier alpha value is -1.00. The fourth-order valence-corrected chi connectivity index (χ4v) is 1.55. The summed E-state index contributed by atoms with van der Waals surface area (Å²) in [6, 6.07) is 0.641. The summed E-state index contributed by atoms with van der Waals surface area (Å²) >= 11 is 0. The molecule has 1 aliphatic carbocycles. The lowest BCUT2D eigenvalue weighted by Gasteiger charge is -2.06. The van der Waals surface area contributed by atoms with Crippen LogP contribution in [0.1, 0.15) is 31.7 Å². The maximum absolute atomic E-state index is 2.96. The molecule has 5 heteroatoms. The van der Waals surface area contributed by atoms with Gasteiger partial charge in [0.1, 0.15) is 0 Å². The van der Waals surface area contributed by atoms with Gasteiger partial charge in [-0.2, -0.15) is 4.80 Å². The highest BCUT2D eigenvalue weighted by Crippen LogP contribution is 2.26. The number of aromatic nitrogens is 5. The average molecular weight is 143 g/mol. The van der Waals surface area contributed by atoms with Crippen LogP contribution >= 0.6 is 0 Å². The molecule has 10 heavy (non-hydrogen) atoms. The topological polar surface area (TPSA) is 68.1 Å². The normalized spacial score (nSPS) is 20.0. The number of H-pyrrole nitrogens is 4. The van der Waals surface area contributed by atoms with Crippen LogP contribution in [-0.2, 0) is 0 Å². The van der Waals surface area contributed by atoms with E-state index < -0.39 is 0 Å². The molecule has 1 fully saturated rings. The van der Waals surface area contributed by atoms with E-state index in [1.54, 1.807) is 0 Å². The molecule has 1 aliphatic rings. The average Bonchev–Trinajstić information content (AvgIpc) is 2.59. The van der Waals surface area contributed by atoms with Crippen molar-refractivity contribution in [1.82, 2.24) is 25.7 Å². The van der Waals surface area contributed by atoms with Gasteiger partial charge in [0.15, 0.2) is 0 Å². The molecule has 1 heterocycles. The summed E-state index contributed by atoms with van der Waals surface area (Å²) < 4.78 is 0. The first-order valence-electron chi connectivity index (χ1n) is 3.77. The fourth-order valence-electron chi connectivity index (χ4n) is 1.55. The van der Waals surface area contributed by atoms with E-state index in [0.717, 1.165) is 0 Å². The Morgan fingerprint density at radius 2 is 1.60 bits per heavy atom. The molecule has 4 N–H and O–H groups in total. The number of rotatable bonds is 1. The first-order chi connectivity index (χ1) is 4.97. The van der Waals surface area contributed by atoms with Crippen LogP contribution in [0.25, 0.3) is 0 Å². The summed E-state index contributed by atoms with van der Waals surface area (Å²) in [5.74, 6) is 0. The predicted octanol–water partition coefficient (Wildman–Crippen LogP) is 1.04. The molecule has 0 bridgehead atoms. The molecule has 0 spiro atoms. The summed E-state index contributed by atoms with van der Waals surface area (Å²) in [5.41, 5.74) is 0. The zero-order valence-corrected chi connectivity index (χ0v) is 5.85. The Morgan fingerprint density at radius 3 is 2.20 bits per heavy atom. The summed E-state index contributed by atoms with van der Waals surface area (Å²) in [4.78, 5) is 1.98. The third kappa shape index (κ3) is 0.872. The molecule has 0 aliphatic heterocycles. The molecular weight excluding hydrogens is 130 g/mol. The molecule has 0 aromatic carbocycles. The Bertz CT molecular complexity index is 188. The minimum atomic E-state index is 0.641. The Kier molecular flexibility index (Phi) is 1.34. The van der Waals surface area contributed by atoms with Gasteiger partial charge in [0.2, 0.25) is 0 Å². The van der Waals surface area contributed by atoms with Crippen LogP contribution in [0.15, 0.2) is 0 Å². The lowest BCUT2D eigenvalue weighted by molar-refractivity contribution is 0.400. The molecular formula is C5H13N5. The van der Waals surface area contributed by atoms with Gasteiger partial charge in [-0.05, 0) is 12.8 Å². The largest absolute Gasteiger partial charge is 0.213 e. The van der Waals surface area contributed by atoms with Crippen molar-refractivity contribution in [2.75, 3.05) is 0 Å². The van der Waals surface area contributed by atoms with E-state index >= 15 is 0 Å². The van der Waals surface area contributed by atoms with E-state index in [4.69, 9.17) is 0 Å². The molecule has 1 saturated carbocycles. The molecule has 0 saturated heterocycles. The second-order valence-corrected chi connectivity index (χ2v) is 2.78. The molecule has 5 nitrogen and oxygen atoms in total. The quantitative estimate of drug-likeness (QED) is 0.454. The van der Waals surface area contributed by atoms with E-state index in [0.29, 0.717) is 6.04 Å². The molecule has 0 amide bonds. The lowest BCUT2D eigenvalue weighted by Crippen LogP contribution is -2.08. The zero-order chi connectivity index (χ0) is 6.81. The van der Waals surface area contributed by atoms with E-state index in [9.17, 15) is 0 Å². The smallest absolute Gasteiger partial charge is 0.0703 e. The molecule has 0 atom stereocenters. The number of nitrogens with zero attached hydrogens (tertiary/aromatic N) is 1. The second kappa shape index (κ2) is 2.32. The van der Waals surface area contributed by atoms with Gasteiger partial charge in [0, 0.05) is 0 Å². The Morgan fingerprint density at radius 1 is 1.00 bits per heavy atom. The van der Waals surface area contributed by atoms with Crippen molar-refractivity contribution >= 4 is 0 Å². The van der Waals surface area contributed by atoms with Gasteiger partial charge in [-0.25, -0.2) is 20.9 Å². The number of hydrogen-bond acceptors (Lipinski definition) is 0. The van der Waals surface area contributed by atoms with Crippen molar-refractivity contribution in [2.24, 2.45) is 0 Å². The summed E-state index contributed by atoms with van der Waals surface area (Å²) in [6.45, 7) is 0. The maximum atomic E-state index is 2.96. The van der Waals surface area contributed by atoms with Crippen LogP contribution in [0.2, 0.25) is 0 Å². The van der Waals surface area contributed by atoms with Crippen LogP contribution < -0.4 is 0 Å². The standard InChI is InChI=1S/C5H13N5/c1-2-4-5(3-1)10-8-6-7-9-10/h5-9H,1-4H2. The monoisotopic (exact) mass is 143 g/mol. The fraction of sp³-hybridized carbons (Fsp3) is 1.00. The first-order valence-corrected chi connectivity index (χ1v) is 3.77. The zero-order valence-electron chi connectivity index (χ0n) is 5.85. The first kappa shape index (κ1) is 5.76. The van der Waals surface area contributed by atoms with Gasteiger partial charge >= 0.3 is 0 Å². The third-order valence-corrected chi connectivity index (χ3v) is 2.11. The predicted molar refractivity (Wildman–Crippen MR) is 37.0 cm³/mol. The van der Waals surface area contributed by atoms with E-state index in [1.807, 2.05) is 4.80 Å². The lowest BCUT2D eigenvalue weighted by atomic mass is 10.3. The van der Waals surface area contributed by atoms with Crippen molar-refractivity contribution < 1.29 is 0 Å². The van der Waals surface area contributed by atoms with E-state index in [-0.39, 0.29) is 0 Å². The van der Waals surface area contributed by atoms with Gasteiger partial charge in [-0.1, -0.05) is 12.8 Å². The highest BCUT2D eigenvalue weighted by atomic mass is 15.7. The van der Waals surface area contributed by atoms with Gasteiger partial charge in [0.05, 0.1) is 6.04 Å². The minimum Gasteiger partial charge on any atom is -0.213 e. The molecule has 0 unspecified atom stereocenters. The van der Waals surface area contributed by atoms with Crippen molar-refractivity contribution in [3.63, 3.8) is 0 Å². The maximum Gasteiger partial charge on any atom is 0.0703 e. The van der Waals surface area contributed by atoms with Crippen molar-refractivity contribution in [1.29, 1.82) is 0 Å². The summed E-state index contributed by atoms with van der Waals surface area (Å²) in [6.07, 6.45) is 5.27. The van der Waals surface area contributed by atoms with Gasteiger partial charge < -0.3 is 0 Å². The molecule has 58 valence electrons. The highest BCUT2D eigenvalue weighted by Gasteiger charge is 2.16. The van der Waals surface area contributed by atoms with Crippen LogP contribution in [0.5, 0.6) is 0 Å². The Balaban J connectivity index is 2.12. The van der Waals surface area contributed by atoms with Crippen molar-refractivity contribution in [3.8, 4) is 0 Å². The summed E-state index contributed by atoms with van der Waals surface area (Å²) in [7, 11) is 0. The van der Waals surface area contributed by atoms with Gasteiger partial charge in [-0.15, -0.1) is 0 Å². The van der Waals surface area contributed by atoms with Gasteiger partial charge in [0.25, 0.3) is 0 Å². The summed E-state index contributed by atoms with van der Waals surface area (Å²) in [5, 5.41) is 11.4. The van der Waals surface area contributed by atoms with E-state index in [2.05, 4.69) is 20.9 Å². The second-order valence-electron chi connectivity index (χ2n) is 2.78. The molecule has 0 radical (unpaired) electrons. The van der Waals surface area contributed by atoms with Crippen molar-refractivity contribution in [2.45, 2.75) is 31.7 Å². The molecule has 1 aromatic rings. The number of nitrogens with one attached hydrogen (secondary N) is 4. The van der Waals surface area contributed by atoms with Crippen molar-refractivity contribution in [3.05, 3.63) is 0 Å². The van der Waals surface area contributed by atoms with Crippen LogP contribution in [0.4, 0.5) is 0 Å². The van der Waals surface area contributed by atoms with E-state index in [1.165, 1.54) is 25.7 Å². The molecule has 1 aromatic heterocycles. The van der Waals surface area contributed by atoms with Crippen LogP contribution in [0, 0.1) is 0 Å².